The van der Waals surface area contributed by atoms with Gasteiger partial charge in [0, 0.05) is 26.4 Å². The van der Waals surface area contributed by atoms with Crippen molar-refractivity contribution >= 4 is 37.9 Å². The van der Waals surface area contributed by atoms with Gasteiger partial charge >= 0.3 is 15.7 Å². The van der Waals surface area contributed by atoms with Crippen LogP contribution in [0.2, 0.25) is 5.16 Å². The van der Waals surface area contributed by atoms with Crippen LogP contribution in [-0.2, 0) is 17.7 Å². The Morgan fingerprint density at radius 3 is 1.21 bits per heavy atom. The van der Waals surface area contributed by atoms with E-state index in [1.807, 2.05) is 46.8 Å². The molecule has 0 aromatic carbocycles. The van der Waals surface area contributed by atoms with E-state index in [9.17, 15) is 0 Å². The van der Waals surface area contributed by atoms with Crippen LogP contribution in [0.15, 0.2) is 12.2 Å². The summed E-state index contributed by atoms with van der Waals surface area (Å²) in [7, 11) is -6.22. The average Bonchev–Trinajstić information content (AvgIpc) is 2.59. The summed E-state index contributed by atoms with van der Waals surface area (Å²) in [5.41, 5.74) is 0. The van der Waals surface area contributed by atoms with Gasteiger partial charge < -0.3 is 17.7 Å². The summed E-state index contributed by atoms with van der Waals surface area (Å²) in [6, 6.07) is 0. The van der Waals surface area contributed by atoms with Gasteiger partial charge in [0.2, 0.25) is 0 Å². The van der Waals surface area contributed by atoms with Gasteiger partial charge in [0.25, 0.3) is 0 Å². The summed E-state index contributed by atoms with van der Waals surface area (Å²) in [4.78, 5) is 0. The molecule has 0 aliphatic heterocycles. The van der Waals surface area contributed by atoms with E-state index in [2.05, 4.69) is 0 Å². The Bertz CT molecular complexity index is 304. The van der Waals surface area contributed by atoms with Crippen molar-refractivity contribution in [2.75, 3.05) is 26.4 Å². The smallest absolute Gasteiger partial charge is 0.383 e. The number of allylic oxidation sites excluding steroid dienone is 2. The van der Waals surface area contributed by atoms with Gasteiger partial charge in [0.15, 0.2) is 0 Å². The molecule has 0 aliphatic rings. The van der Waals surface area contributed by atoms with Gasteiger partial charge in [-0.25, -0.2) is 0 Å². The van der Waals surface area contributed by atoms with E-state index < -0.39 is 15.7 Å². The third-order valence-corrected chi connectivity index (χ3v) is 13.5. The second-order valence-corrected chi connectivity index (χ2v) is 14.0. The second kappa shape index (κ2) is 13.8. The highest BCUT2D eigenvalue weighted by Gasteiger charge is 2.60. The third kappa shape index (κ3) is 8.32. The van der Waals surface area contributed by atoms with Crippen LogP contribution in [0, 0.1) is 0 Å². The largest absolute Gasteiger partial charge is 0.453 e. The maximum Gasteiger partial charge on any atom is 0.453 e. The Labute approximate surface area is 159 Å². The fourth-order valence-electron chi connectivity index (χ4n) is 2.04. The first-order chi connectivity index (χ1) is 11.4. The van der Waals surface area contributed by atoms with Gasteiger partial charge in [0.05, 0.1) is 5.16 Å². The molecular weight excluding hydrogens is 383 g/mol. The van der Waals surface area contributed by atoms with Gasteiger partial charge in [-0.1, -0.05) is 62.0 Å². The van der Waals surface area contributed by atoms with Crippen LogP contribution in [0.25, 0.3) is 0 Å². The number of rotatable bonds is 15. The summed E-state index contributed by atoms with van der Waals surface area (Å²) in [5.74, 6) is 0. The molecule has 0 amide bonds. The number of halogens is 2. The quantitative estimate of drug-likeness (QED) is 0.199. The van der Waals surface area contributed by atoms with Crippen molar-refractivity contribution in [3.8, 4) is 0 Å². The van der Waals surface area contributed by atoms with Crippen molar-refractivity contribution < 1.29 is 17.7 Å². The van der Waals surface area contributed by atoms with Crippen molar-refractivity contribution in [2.45, 2.75) is 65.5 Å². The molecular formula is C16H34Cl2O4Si2. The zero-order valence-electron chi connectivity index (χ0n) is 15.8. The Morgan fingerprint density at radius 1 is 0.708 bits per heavy atom. The average molecular weight is 418 g/mol. The lowest BCUT2D eigenvalue weighted by Crippen LogP contribution is -2.55. The Kier molecular flexibility index (Phi) is 14.1. The molecule has 8 heteroatoms. The number of hydrogen-bond acceptors (Lipinski definition) is 4. The van der Waals surface area contributed by atoms with E-state index in [-0.39, 0.29) is 5.16 Å². The van der Waals surface area contributed by atoms with Gasteiger partial charge in [-0.15, -0.1) is 0 Å². The van der Waals surface area contributed by atoms with Gasteiger partial charge in [-0.05, 0) is 32.6 Å². The minimum absolute atomic E-state index is 0.352. The van der Waals surface area contributed by atoms with Crippen molar-refractivity contribution in [3.63, 3.8) is 0 Å². The first-order valence-corrected chi connectivity index (χ1v) is 14.8. The van der Waals surface area contributed by atoms with Crippen LogP contribution in [0.4, 0.5) is 0 Å². The highest BCUT2D eigenvalue weighted by Crippen LogP contribution is 2.41. The predicted octanol–water partition coefficient (Wildman–Crippen LogP) is 5.53. The molecule has 0 heterocycles. The minimum Gasteiger partial charge on any atom is -0.383 e. The fourth-order valence-corrected chi connectivity index (χ4v) is 12.8. The summed E-state index contributed by atoms with van der Waals surface area (Å²) in [5, 5.41) is -0.352. The normalized spacial score (nSPS) is 13.3. The lowest BCUT2D eigenvalue weighted by molar-refractivity contribution is 0.161. The van der Waals surface area contributed by atoms with Crippen LogP contribution in [0.1, 0.15) is 60.3 Å². The minimum atomic E-state index is -3.11. The molecule has 4 nitrogen and oxygen atoms in total. The van der Waals surface area contributed by atoms with E-state index in [4.69, 9.17) is 39.9 Å². The van der Waals surface area contributed by atoms with E-state index >= 15 is 0 Å². The van der Waals surface area contributed by atoms with Gasteiger partial charge in [-0.2, -0.15) is 0 Å². The molecule has 0 fully saturated rings. The standard InChI is InChI=1S/C16H34Cl2O4Si2/c1-6-11-16(23(17,19-12-7-2)20-13-8-3)24(18,21-14-9-4)22-15-10-5/h6,11,16H,7-10,12-15H2,1-5H3. The predicted molar refractivity (Wildman–Crippen MR) is 107 cm³/mol. The molecule has 0 bridgehead atoms. The molecule has 0 atom stereocenters. The lowest BCUT2D eigenvalue weighted by Gasteiger charge is -2.37. The topological polar surface area (TPSA) is 36.9 Å². The zero-order chi connectivity index (χ0) is 18.5. The Balaban J connectivity index is 5.63. The van der Waals surface area contributed by atoms with Crippen LogP contribution < -0.4 is 0 Å². The first kappa shape index (κ1) is 24.6. The molecule has 0 aliphatic carbocycles. The maximum atomic E-state index is 6.92. The van der Waals surface area contributed by atoms with Crippen LogP contribution >= 0.6 is 22.2 Å². The van der Waals surface area contributed by atoms with E-state index in [1.165, 1.54) is 0 Å². The summed E-state index contributed by atoms with van der Waals surface area (Å²) < 4.78 is 24.1. The van der Waals surface area contributed by atoms with E-state index in [0.29, 0.717) is 26.4 Å². The molecule has 144 valence electrons. The molecule has 0 saturated heterocycles. The van der Waals surface area contributed by atoms with Crippen LogP contribution in [0.3, 0.4) is 0 Å². The fraction of sp³-hybridized carbons (Fsp3) is 0.875. The molecule has 0 aromatic heterocycles. The second-order valence-electron chi connectivity index (χ2n) is 5.56. The first-order valence-electron chi connectivity index (χ1n) is 9.00. The molecule has 24 heavy (non-hydrogen) atoms. The highest BCUT2D eigenvalue weighted by atomic mass is 35.6. The SMILES string of the molecule is CC=CC([Si](Cl)(OCCC)OCCC)[Si](Cl)(OCCC)OCCC. The lowest BCUT2D eigenvalue weighted by atomic mass is 10.5. The van der Waals surface area contributed by atoms with Crippen molar-refractivity contribution in [2.24, 2.45) is 0 Å². The van der Waals surface area contributed by atoms with Crippen LogP contribution in [-0.4, -0.2) is 42.2 Å². The summed E-state index contributed by atoms with van der Waals surface area (Å²) >= 11 is 13.8. The molecule has 0 saturated carbocycles. The molecule has 0 aromatic rings. The van der Waals surface area contributed by atoms with Crippen molar-refractivity contribution in [3.05, 3.63) is 12.2 Å². The van der Waals surface area contributed by atoms with Crippen molar-refractivity contribution in [1.29, 1.82) is 0 Å². The monoisotopic (exact) mass is 416 g/mol. The van der Waals surface area contributed by atoms with Crippen molar-refractivity contribution in [1.82, 2.24) is 0 Å². The summed E-state index contributed by atoms with van der Waals surface area (Å²) in [6.07, 6.45) is 7.33. The summed E-state index contributed by atoms with van der Waals surface area (Å²) in [6.45, 7) is 12.3. The van der Waals surface area contributed by atoms with E-state index in [0.717, 1.165) is 25.7 Å². The molecule has 0 rings (SSSR count). The van der Waals surface area contributed by atoms with E-state index in [1.54, 1.807) is 0 Å². The zero-order valence-corrected chi connectivity index (χ0v) is 19.3. The van der Waals surface area contributed by atoms with Gasteiger partial charge in [-0.3, -0.25) is 0 Å². The molecule has 0 spiro atoms. The molecule has 0 radical (unpaired) electrons. The Hall–Kier alpha value is 0.594. The highest BCUT2D eigenvalue weighted by molar-refractivity contribution is 7.27. The van der Waals surface area contributed by atoms with Crippen LogP contribution in [0.5, 0.6) is 0 Å². The third-order valence-electron chi connectivity index (χ3n) is 3.14. The molecule has 0 N–H and O–H groups in total. The molecule has 0 unspecified atom stereocenters. The Morgan fingerprint density at radius 2 is 1.00 bits per heavy atom. The number of hydrogen-bond donors (Lipinski definition) is 0. The maximum absolute atomic E-state index is 6.92. The van der Waals surface area contributed by atoms with Gasteiger partial charge in [0.1, 0.15) is 0 Å².